The molecule has 0 amide bonds. The largest absolute Gasteiger partial charge is 0.297 e. The summed E-state index contributed by atoms with van der Waals surface area (Å²) in [6.45, 7) is 0. The highest BCUT2D eigenvalue weighted by Gasteiger charge is 2.14. The number of halogens is 2. The highest BCUT2D eigenvalue weighted by Crippen LogP contribution is 2.21. The first-order valence-electron chi connectivity index (χ1n) is 3.53. The molecule has 1 aromatic carbocycles. The molecule has 0 spiro atoms. The molecule has 0 aliphatic rings. The van der Waals surface area contributed by atoms with E-state index in [9.17, 15) is 4.79 Å². The molecule has 0 fully saturated rings. The van der Waals surface area contributed by atoms with E-state index in [1.165, 1.54) is 0 Å². The Hall–Kier alpha value is -0.340. The SMILES string of the molecule is O=C(CBr)C(Cl)c1ccccc1. The molecular weight excluding hydrogens is 239 g/mol. The lowest BCUT2D eigenvalue weighted by Crippen LogP contribution is -2.07. The molecular formula is C9H8BrClO. The van der Waals surface area contributed by atoms with Gasteiger partial charge in [0.05, 0.1) is 5.33 Å². The first-order valence-corrected chi connectivity index (χ1v) is 5.09. The second-order valence-electron chi connectivity index (χ2n) is 2.37. The molecule has 0 aromatic heterocycles. The summed E-state index contributed by atoms with van der Waals surface area (Å²) in [5.74, 6) is -0.0112. The maximum atomic E-state index is 11.1. The smallest absolute Gasteiger partial charge is 0.165 e. The Morgan fingerprint density at radius 3 is 2.50 bits per heavy atom. The second-order valence-corrected chi connectivity index (χ2v) is 3.37. The molecule has 0 aliphatic carbocycles. The fourth-order valence-corrected chi connectivity index (χ4v) is 1.61. The summed E-state index contributed by atoms with van der Waals surface area (Å²) in [7, 11) is 0. The summed E-state index contributed by atoms with van der Waals surface area (Å²) in [5.41, 5.74) is 0.851. The van der Waals surface area contributed by atoms with Crippen LogP contribution in [0.25, 0.3) is 0 Å². The van der Waals surface area contributed by atoms with Crippen molar-refractivity contribution in [2.75, 3.05) is 5.33 Å². The molecule has 1 unspecified atom stereocenters. The van der Waals surface area contributed by atoms with E-state index in [-0.39, 0.29) is 5.78 Å². The third-order valence-electron chi connectivity index (χ3n) is 1.51. The third kappa shape index (κ3) is 2.32. The Labute approximate surface area is 84.9 Å². The van der Waals surface area contributed by atoms with Crippen molar-refractivity contribution in [1.82, 2.24) is 0 Å². The molecule has 0 bridgehead atoms. The minimum atomic E-state index is -0.523. The molecule has 0 heterocycles. The van der Waals surface area contributed by atoms with Crippen molar-refractivity contribution < 1.29 is 4.79 Å². The summed E-state index contributed by atoms with van der Waals surface area (Å²) in [5, 5.41) is -0.221. The molecule has 1 atom stereocenters. The minimum absolute atomic E-state index is 0.0112. The van der Waals surface area contributed by atoms with E-state index in [2.05, 4.69) is 15.9 Å². The molecule has 12 heavy (non-hydrogen) atoms. The molecule has 0 saturated carbocycles. The van der Waals surface area contributed by atoms with E-state index < -0.39 is 5.38 Å². The Balaban J connectivity index is 2.78. The Morgan fingerprint density at radius 1 is 1.42 bits per heavy atom. The predicted octanol–water partition coefficient (Wildman–Crippen LogP) is 2.93. The van der Waals surface area contributed by atoms with Crippen LogP contribution in [-0.4, -0.2) is 11.1 Å². The van der Waals surface area contributed by atoms with Crippen LogP contribution < -0.4 is 0 Å². The van der Waals surface area contributed by atoms with Crippen molar-refractivity contribution in [3.63, 3.8) is 0 Å². The van der Waals surface area contributed by atoms with Crippen LogP contribution in [-0.2, 0) is 4.79 Å². The van der Waals surface area contributed by atoms with Gasteiger partial charge in [0.2, 0.25) is 0 Å². The van der Waals surface area contributed by atoms with E-state index in [4.69, 9.17) is 11.6 Å². The van der Waals surface area contributed by atoms with E-state index >= 15 is 0 Å². The molecule has 0 N–H and O–H groups in total. The van der Waals surface area contributed by atoms with Crippen LogP contribution in [0.2, 0.25) is 0 Å². The maximum absolute atomic E-state index is 11.1. The van der Waals surface area contributed by atoms with Crippen LogP contribution in [0, 0.1) is 0 Å². The van der Waals surface area contributed by atoms with Gasteiger partial charge in [-0.1, -0.05) is 46.3 Å². The van der Waals surface area contributed by atoms with Crippen molar-refractivity contribution in [2.24, 2.45) is 0 Å². The Kier molecular flexibility index (Phi) is 3.76. The topological polar surface area (TPSA) is 17.1 Å². The number of carbonyl (C=O) groups is 1. The average molecular weight is 248 g/mol. The lowest BCUT2D eigenvalue weighted by atomic mass is 10.1. The van der Waals surface area contributed by atoms with Gasteiger partial charge in [-0.3, -0.25) is 4.79 Å². The molecule has 1 rings (SSSR count). The lowest BCUT2D eigenvalue weighted by molar-refractivity contribution is -0.116. The molecule has 0 aliphatic heterocycles. The van der Waals surface area contributed by atoms with Gasteiger partial charge in [0, 0.05) is 0 Å². The maximum Gasteiger partial charge on any atom is 0.165 e. The molecule has 3 heteroatoms. The molecule has 0 radical (unpaired) electrons. The fourth-order valence-electron chi connectivity index (χ4n) is 0.876. The summed E-state index contributed by atoms with van der Waals surface area (Å²) in [6, 6.07) is 9.32. The Bertz CT molecular complexity index is 260. The number of hydrogen-bond donors (Lipinski definition) is 0. The molecule has 1 aromatic rings. The van der Waals surface area contributed by atoms with Gasteiger partial charge in [-0.05, 0) is 5.56 Å². The van der Waals surface area contributed by atoms with Crippen molar-refractivity contribution in [3.05, 3.63) is 35.9 Å². The van der Waals surface area contributed by atoms with Crippen molar-refractivity contribution in [2.45, 2.75) is 5.38 Å². The van der Waals surface area contributed by atoms with Gasteiger partial charge in [-0.25, -0.2) is 0 Å². The number of rotatable bonds is 3. The number of hydrogen-bond acceptors (Lipinski definition) is 1. The zero-order valence-electron chi connectivity index (χ0n) is 6.34. The second kappa shape index (κ2) is 4.63. The van der Waals surface area contributed by atoms with Gasteiger partial charge in [0.1, 0.15) is 5.38 Å². The number of Topliss-reactive ketones (excluding diaryl/α,β-unsaturated/α-hetero) is 1. The van der Waals surface area contributed by atoms with Gasteiger partial charge >= 0.3 is 0 Å². The number of benzene rings is 1. The van der Waals surface area contributed by atoms with Crippen LogP contribution in [0.1, 0.15) is 10.9 Å². The normalized spacial score (nSPS) is 12.5. The molecule has 64 valence electrons. The third-order valence-corrected chi connectivity index (χ3v) is 2.55. The van der Waals surface area contributed by atoms with E-state index in [1.54, 1.807) is 0 Å². The van der Waals surface area contributed by atoms with Crippen molar-refractivity contribution >= 4 is 33.3 Å². The van der Waals surface area contributed by atoms with Crippen LogP contribution >= 0.6 is 27.5 Å². The standard InChI is InChI=1S/C9H8BrClO/c10-6-8(12)9(11)7-4-2-1-3-5-7/h1-5,9H,6H2. The van der Waals surface area contributed by atoms with Crippen LogP contribution in [0.15, 0.2) is 30.3 Å². The fraction of sp³-hybridized carbons (Fsp3) is 0.222. The Morgan fingerprint density at radius 2 is 2.00 bits per heavy atom. The number of carbonyl (C=O) groups excluding carboxylic acids is 1. The van der Waals surface area contributed by atoms with Gasteiger partial charge in [-0.2, -0.15) is 0 Å². The lowest BCUT2D eigenvalue weighted by Gasteiger charge is -2.05. The molecule has 1 nitrogen and oxygen atoms in total. The zero-order chi connectivity index (χ0) is 8.97. The monoisotopic (exact) mass is 246 g/mol. The molecule has 0 saturated heterocycles. The van der Waals surface area contributed by atoms with Crippen LogP contribution in [0.3, 0.4) is 0 Å². The first kappa shape index (κ1) is 9.75. The highest BCUT2D eigenvalue weighted by atomic mass is 79.9. The van der Waals surface area contributed by atoms with Gasteiger partial charge in [0.25, 0.3) is 0 Å². The van der Waals surface area contributed by atoms with Crippen LogP contribution in [0.5, 0.6) is 0 Å². The number of ketones is 1. The summed E-state index contributed by atoms with van der Waals surface area (Å²) in [4.78, 5) is 11.1. The summed E-state index contributed by atoms with van der Waals surface area (Å²) < 4.78 is 0. The summed E-state index contributed by atoms with van der Waals surface area (Å²) in [6.07, 6.45) is 0. The average Bonchev–Trinajstić information content (AvgIpc) is 2.17. The zero-order valence-corrected chi connectivity index (χ0v) is 8.68. The minimum Gasteiger partial charge on any atom is -0.297 e. The number of alkyl halides is 2. The van der Waals surface area contributed by atoms with E-state index in [0.29, 0.717) is 5.33 Å². The van der Waals surface area contributed by atoms with E-state index in [0.717, 1.165) is 5.56 Å². The van der Waals surface area contributed by atoms with E-state index in [1.807, 2.05) is 30.3 Å². The summed E-state index contributed by atoms with van der Waals surface area (Å²) >= 11 is 8.96. The highest BCUT2D eigenvalue weighted by molar-refractivity contribution is 9.09. The first-order chi connectivity index (χ1) is 5.75. The van der Waals surface area contributed by atoms with Crippen LogP contribution in [0.4, 0.5) is 0 Å². The van der Waals surface area contributed by atoms with Gasteiger partial charge < -0.3 is 0 Å². The predicted molar refractivity (Wildman–Crippen MR) is 53.8 cm³/mol. The van der Waals surface area contributed by atoms with Gasteiger partial charge in [0.15, 0.2) is 5.78 Å². The quantitative estimate of drug-likeness (QED) is 0.751. The van der Waals surface area contributed by atoms with Crippen molar-refractivity contribution in [1.29, 1.82) is 0 Å². The van der Waals surface area contributed by atoms with Crippen molar-refractivity contribution in [3.8, 4) is 0 Å². The van der Waals surface area contributed by atoms with Gasteiger partial charge in [-0.15, -0.1) is 11.6 Å².